The van der Waals surface area contributed by atoms with E-state index in [2.05, 4.69) is 6.58 Å². The van der Waals surface area contributed by atoms with Gasteiger partial charge < -0.3 is 4.74 Å². The Morgan fingerprint density at radius 1 is 1.56 bits per heavy atom. The molecule has 0 N–H and O–H groups in total. The highest BCUT2D eigenvalue weighted by atomic mass is 16.6. The number of carbonyl (C=O) groups excluding carboxylic acids is 1. The van der Waals surface area contributed by atoms with Gasteiger partial charge in [-0.1, -0.05) is 18.7 Å². The van der Waals surface area contributed by atoms with Crippen LogP contribution in [0.25, 0.3) is 0 Å². The Morgan fingerprint density at radius 2 is 2.19 bits per heavy atom. The Hall–Kier alpha value is -2.17. The van der Waals surface area contributed by atoms with E-state index in [1.807, 2.05) is 0 Å². The molecule has 5 heteroatoms. The van der Waals surface area contributed by atoms with Gasteiger partial charge >= 0.3 is 5.97 Å². The number of nitrogens with zero attached hydrogens (tertiary/aromatic N) is 1. The van der Waals surface area contributed by atoms with Gasteiger partial charge in [-0.3, -0.25) is 10.1 Å². The zero-order valence-corrected chi connectivity index (χ0v) is 8.75. The van der Waals surface area contributed by atoms with Gasteiger partial charge in [0, 0.05) is 12.1 Å². The van der Waals surface area contributed by atoms with E-state index in [0.29, 0.717) is 5.56 Å². The van der Waals surface area contributed by atoms with Crippen LogP contribution >= 0.6 is 0 Å². The molecule has 0 aromatic heterocycles. The van der Waals surface area contributed by atoms with Crippen molar-refractivity contribution >= 4 is 11.7 Å². The Balaban J connectivity index is 2.98. The number of esters is 1. The van der Waals surface area contributed by atoms with E-state index in [-0.39, 0.29) is 5.69 Å². The first kappa shape index (κ1) is 11.9. The third-order valence-corrected chi connectivity index (χ3v) is 2.03. The van der Waals surface area contributed by atoms with E-state index in [9.17, 15) is 14.9 Å². The lowest BCUT2D eigenvalue weighted by Gasteiger charge is -2.11. The van der Waals surface area contributed by atoms with Crippen LogP contribution in [-0.2, 0) is 9.53 Å². The number of hydrogen-bond acceptors (Lipinski definition) is 4. The molecule has 0 radical (unpaired) electrons. The van der Waals surface area contributed by atoms with Gasteiger partial charge in [0.25, 0.3) is 5.69 Å². The highest BCUT2D eigenvalue weighted by Crippen LogP contribution is 2.26. The van der Waals surface area contributed by atoms with Crippen LogP contribution in [0.5, 0.6) is 0 Å². The van der Waals surface area contributed by atoms with Gasteiger partial charge in [0.05, 0.1) is 10.5 Å². The maximum absolute atomic E-state index is 11.0. The standard InChI is InChI=1S/C11H11NO4/c1-3-11(13)16-8(2)9-6-4-5-7-10(9)12(14)15/h3-8H,1H2,2H3/t8-/m1/s1. The topological polar surface area (TPSA) is 69.4 Å². The molecule has 16 heavy (non-hydrogen) atoms. The van der Waals surface area contributed by atoms with Crippen molar-refractivity contribution in [3.8, 4) is 0 Å². The normalized spacial score (nSPS) is 11.6. The quantitative estimate of drug-likeness (QED) is 0.339. The third-order valence-electron chi connectivity index (χ3n) is 2.03. The van der Waals surface area contributed by atoms with Crippen LogP contribution in [0.2, 0.25) is 0 Å². The maximum Gasteiger partial charge on any atom is 0.330 e. The average molecular weight is 221 g/mol. The fourth-order valence-corrected chi connectivity index (χ4v) is 1.28. The smallest absolute Gasteiger partial charge is 0.330 e. The summed E-state index contributed by atoms with van der Waals surface area (Å²) in [5.41, 5.74) is 0.301. The molecule has 84 valence electrons. The van der Waals surface area contributed by atoms with Gasteiger partial charge in [0.15, 0.2) is 0 Å². The van der Waals surface area contributed by atoms with Crippen molar-refractivity contribution in [3.05, 3.63) is 52.6 Å². The van der Waals surface area contributed by atoms with Gasteiger partial charge in [-0.05, 0) is 13.0 Å². The monoisotopic (exact) mass is 221 g/mol. The first-order valence-corrected chi connectivity index (χ1v) is 4.62. The van der Waals surface area contributed by atoms with Crippen molar-refractivity contribution in [2.75, 3.05) is 0 Å². The molecule has 0 saturated heterocycles. The predicted molar refractivity (Wildman–Crippen MR) is 57.8 cm³/mol. The zero-order chi connectivity index (χ0) is 12.1. The molecule has 0 heterocycles. The molecule has 0 unspecified atom stereocenters. The number of rotatable bonds is 4. The molecule has 0 aliphatic rings. The first-order valence-electron chi connectivity index (χ1n) is 4.62. The second-order valence-corrected chi connectivity index (χ2v) is 3.10. The lowest BCUT2D eigenvalue weighted by atomic mass is 10.1. The minimum Gasteiger partial charge on any atom is -0.454 e. The van der Waals surface area contributed by atoms with Crippen molar-refractivity contribution in [2.45, 2.75) is 13.0 Å². The molecule has 0 aliphatic heterocycles. The van der Waals surface area contributed by atoms with Crippen molar-refractivity contribution in [3.63, 3.8) is 0 Å². The summed E-state index contributed by atoms with van der Waals surface area (Å²) in [5.74, 6) is -0.606. The molecule has 1 atom stereocenters. The van der Waals surface area contributed by atoms with E-state index < -0.39 is 17.0 Å². The molecular weight excluding hydrogens is 210 g/mol. The number of nitro groups is 1. The van der Waals surface area contributed by atoms with Crippen LogP contribution in [0.4, 0.5) is 5.69 Å². The average Bonchev–Trinajstić information content (AvgIpc) is 2.28. The van der Waals surface area contributed by atoms with Crippen LogP contribution in [0.3, 0.4) is 0 Å². The SMILES string of the molecule is C=CC(=O)O[C@H](C)c1ccccc1[N+](=O)[O-]. The largest absolute Gasteiger partial charge is 0.454 e. The fraction of sp³-hybridized carbons (Fsp3) is 0.182. The van der Waals surface area contributed by atoms with Crippen molar-refractivity contribution in [1.29, 1.82) is 0 Å². The maximum atomic E-state index is 11.0. The number of para-hydroxylation sites is 1. The highest BCUT2D eigenvalue weighted by Gasteiger charge is 2.20. The summed E-state index contributed by atoms with van der Waals surface area (Å²) in [7, 11) is 0. The third kappa shape index (κ3) is 2.66. The summed E-state index contributed by atoms with van der Waals surface area (Å²) in [5, 5.41) is 10.7. The molecule has 0 aliphatic carbocycles. The van der Waals surface area contributed by atoms with Crippen molar-refractivity contribution < 1.29 is 14.5 Å². The van der Waals surface area contributed by atoms with Gasteiger partial charge in [-0.15, -0.1) is 0 Å². The number of nitro benzene ring substituents is 1. The lowest BCUT2D eigenvalue weighted by Crippen LogP contribution is -2.07. The molecule has 5 nitrogen and oxygen atoms in total. The van der Waals surface area contributed by atoms with Gasteiger partial charge in [0.2, 0.25) is 0 Å². The van der Waals surface area contributed by atoms with Crippen molar-refractivity contribution in [2.24, 2.45) is 0 Å². The van der Waals surface area contributed by atoms with Crippen LogP contribution < -0.4 is 0 Å². The Kier molecular flexibility index (Phi) is 3.77. The summed E-state index contributed by atoms with van der Waals surface area (Å²) < 4.78 is 4.91. The molecule has 0 amide bonds. The summed E-state index contributed by atoms with van der Waals surface area (Å²) in [6.07, 6.45) is 0.345. The van der Waals surface area contributed by atoms with E-state index in [4.69, 9.17) is 4.74 Å². The molecule has 0 saturated carbocycles. The predicted octanol–water partition coefficient (Wildman–Crippen LogP) is 2.39. The van der Waals surface area contributed by atoms with Crippen LogP contribution in [0.15, 0.2) is 36.9 Å². The Morgan fingerprint density at radius 3 is 2.75 bits per heavy atom. The Labute approximate surface area is 92.5 Å². The van der Waals surface area contributed by atoms with Crippen LogP contribution in [0, 0.1) is 10.1 Å². The summed E-state index contributed by atoms with van der Waals surface area (Å²) in [4.78, 5) is 21.2. The van der Waals surface area contributed by atoms with Crippen LogP contribution in [0.1, 0.15) is 18.6 Å². The van der Waals surface area contributed by atoms with Gasteiger partial charge in [-0.2, -0.15) is 0 Å². The number of carbonyl (C=O) groups is 1. The summed E-state index contributed by atoms with van der Waals surface area (Å²) in [6, 6.07) is 6.14. The zero-order valence-electron chi connectivity index (χ0n) is 8.75. The molecule has 1 rings (SSSR count). The van der Waals surface area contributed by atoms with Gasteiger partial charge in [0.1, 0.15) is 6.10 Å². The highest BCUT2D eigenvalue weighted by molar-refractivity contribution is 5.81. The fourth-order valence-electron chi connectivity index (χ4n) is 1.28. The molecule has 1 aromatic carbocycles. The second-order valence-electron chi connectivity index (χ2n) is 3.10. The minimum atomic E-state index is -0.674. The number of benzene rings is 1. The Bertz CT molecular complexity index is 428. The minimum absolute atomic E-state index is 0.0631. The van der Waals surface area contributed by atoms with E-state index in [1.54, 1.807) is 25.1 Å². The number of ether oxygens (including phenoxy) is 1. The van der Waals surface area contributed by atoms with E-state index in [0.717, 1.165) is 6.08 Å². The van der Waals surface area contributed by atoms with E-state index in [1.165, 1.54) is 6.07 Å². The van der Waals surface area contributed by atoms with E-state index >= 15 is 0 Å². The molecule has 0 fully saturated rings. The van der Waals surface area contributed by atoms with Crippen LogP contribution in [-0.4, -0.2) is 10.9 Å². The summed E-state index contributed by atoms with van der Waals surface area (Å²) >= 11 is 0. The first-order chi connectivity index (χ1) is 7.56. The molecule has 0 spiro atoms. The van der Waals surface area contributed by atoms with Crippen molar-refractivity contribution in [1.82, 2.24) is 0 Å². The lowest BCUT2D eigenvalue weighted by molar-refractivity contribution is -0.386. The molecule has 0 bridgehead atoms. The molecule has 1 aromatic rings. The molecular formula is C11H11NO4. The second kappa shape index (κ2) is 5.06. The number of hydrogen-bond donors (Lipinski definition) is 0. The summed E-state index contributed by atoms with van der Waals surface area (Å²) in [6.45, 7) is 4.83. The van der Waals surface area contributed by atoms with Gasteiger partial charge in [-0.25, -0.2) is 4.79 Å².